The summed E-state index contributed by atoms with van der Waals surface area (Å²) in [4.78, 5) is 44.0. The maximum atomic E-state index is 12.9. The fourth-order valence-corrected chi connectivity index (χ4v) is 6.66. The van der Waals surface area contributed by atoms with Gasteiger partial charge in [-0.3, -0.25) is 14.3 Å². The molecule has 0 aliphatic carbocycles. The minimum Gasteiger partial charge on any atom is -0.453 e. The number of carbonyl (C=O) groups is 1. The normalized spacial score (nSPS) is 14.8. The molecule has 13 heteroatoms. The second kappa shape index (κ2) is 9.23. The van der Waals surface area contributed by atoms with Gasteiger partial charge in [0, 0.05) is 26.7 Å². The molecule has 1 N–H and O–H groups in total. The zero-order valence-corrected chi connectivity index (χ0v) is 20.0. The Morgan fingerprint density at radius 1 is 1.27 bits per heavy atom. The van der Waals surface area contributed by atoms with Crippen LogP contribution in [0.25, 0.3) is 11.2 Å². The van der Waals surface area contributed by atoms with Gasteiger partial charge < -0.3 is 9.30 Å². The lowest BCUT2D eigenvalue weighted by Gasteiger charge is -2.15. The molecule has 0 spiro atoms. The van der Waals surface area contributed by atoms with Crippen LogP contribution in [0.15, 0.2) is 25.9 Å². The Morgan fingerprint density at radius 3 is 2.70 bits per heavy atom. The SMILES string of the molecule is CCCCn1c(=O)[nH]c(=O)c2c1nc(COC(=O)c1sccc1S(=O)(=O)N1CCCC1)n2C. The largest absolute Gasteiger partial charge is 0.453 e. The standard InChI is InChI=1S/C20H25N5O6S2/c1-3-4-10-25-17-15(18(26)22-20(25)28)23(2)14(21-17)12-31-19(27)16-13(7-11-32-16)33(29,30)24-8-5-6-9-24/h7,11H,3-6,8-10,12H2,1-2H3,(H,22,26,28). The van der Waals surface area contributed by atoms with Crippen LogP contribution in [0.5, 0.6) is 0 Å². The molecule has 0 aromatic carbocycles. The van der Waals surface area contributed by atoms with Gasteiger partial charge in [0.05, 0.1) is 0 Å². The zero-order valence-electron chi connectivity index (χ0n) is 18.4. The Labute approximate surface area is 193 Å². The Morgan fingerprint density at radius 2 is 2.00 bits per heavy atom. The number of aromatic amines is 1. The van der Waals surface area contributed by atoms with Crippen molar-refractivity contribution in [3.63, 3.8) is 0 Å². The third-order valence-electron chi connectivity index (χ3n) is 5.67. The number of sulfonamides is 1. The summed E-state index contributed by atoms with van der Waals surface area (Å²) < 4.78 is 35.4. The van der Waals surface area contributed by atoms with Gasteiger partial charge in [-0.15, -0.1) is 11.3 Å². The summed E-state index contributed by atoms with van der Waals surface area (Å²) in [5.74, 6) is -0.521. The van der Waals surface area contributed by atoms with E-state index in [0.29, 0.717) is 19.6 Å². The molecule has 3 aromatic rings. The molecular formula is C20H25N5O6S2. The van der Waals surface area contributed by atoms with Crippen LogP contribution in [0.4, 0.5) is 0 Å². The van der Waals surface area contributed by atoms with Crippen LogP contribution in [0.2, 0.25) is 0 Å². The van der Waals surface area contributed by atoms with E-state index in [0.717, 1.165) is 37.0 Å². The predicted octanol–water partition coefficient (Wildman–Crippen LogP) is 1.43. The van der Waals surface area contributed by atoms with Crippen LogP contribution in [-0.2, 0) is 35.0 Å². The van der Waals surface area contributed by atoms with Gasteiger partial charge in [0.15, 0.2) is 11.2 Å². The van der Waals surface area contributed by atoms with Crippen molar-refractivity contribution in [2.45, 2.75) is 50.7 Å². The van der Waals surface area contributed by atoms with Crippen LogP contribution < -0.4 is 11.2 Å². The Bertz CT molecular complexity index is 1410. The third-order valence-corrected chi connectivity index (χ3v) is 8.64. The summed E-state index contributed by atoms with van der Waals surface area (Å²) in [6, 6.07) is 1.41. The Balaban J connectivity index is 1.60. The number of ether oxygens (including phenoxy) is 1. The molecular weight excluding hydrogens is 470 g/mol. The lowest BCUT2D eigenvalue weighted by atomic mass is 10.3. The van der Waals surface area contributed by atoms with E-state index in [1.165, 1.54) is 19.5 Å². The van der Waals surface area contributed by atoms with Gasteiger partial charge in [-0.25, -0.2) is 23.0 Å². The maximum absolute atomic E-state index is 12.9. The number of thiophene rings is 1. The minimum atomic E-state index is -3.77. The molecule has 1 aliphatic heterocycles. The smallest absolute Gasteiger partial charge is 0.350 e. The first-order valence-electron chi connectivity index (χ1n) is 10.7. The molecule has 1 saturated heterocycles. The number of esters is 1. The predicted molar refractivity (Wildman–Crippen MR) is 122 cm³/mol. The summed E-state index contributed by atoms with van der Waals surface area (Å²) >= 11 is 0.996. The number of fused-ring (bicyclic) bond motifs is 1. The molecule has 1 aliphatic rings. The van der Waals surface area contributed by atoms with E-state index in [4.69, 9.17) is 4.74 Å². The second-order valence-electron chi connectivity index (χ2n) is 7.83. The van der Waals surface area contributed by atoms with Gasteiger partial charge in [-0.05, 0) is 30.7 Å². The molecule has 0 bridgehead atoms. The summed E-state index contributed by atoms with van der Waals surface area (Å²) in [7, 11) is -2.17. The molecule has 3 aromatic heterocycles. The first-order chi connectivity index (χ1) is 15.8. The molecule has 0 amide bonds. The molecule has 0 unspecified atom stereocenters. The number of aromatic nitrogens is 4. The first kappa shape index (κ1) is 23.4. The topological polar surface area (TPSA) is 136 Å². The van der Waals surface area contributed by atoms with Gasteiger partial charge in [-0.1, -0.05) is 13.3 Å². The van der Waals surface area contributed by atoms with Crippen molar-refractivity contribution in [2.24, 2.45) is 7.05 Å². The first-order valence-corrected chi connectivity index (χ1v) is 13.0. The molecule has 1 fully saturated rings. The Kier molecular flexibility index (Phi) is 6.54. The van der Waals surface area contributed by atoms with Crippen molar-refractivity contribution >= 4 is 38.5 Å². The number of aryl methyl sites for hydroxylation is 2. The van der Waals surface area contributed by atoms with Crippen molar-refractivity contribution in [3.8, 4) is 0 Å². The fourth-order valence-electron chi connectivity index (χ4n) is 3.86. The van der Waals surface area contributed by atoms with E-state index < -0.39 is 27.2 Å². The number of hydrogen-bond donors (Lipinski definition) is 1. The molecule has 4 heterocycles. The molecule has 11 nitrogen and oxygen atoms in total. The minimum absolute atomic E-state index is 0.00151. The zero-order chi connectivity index (χ0) is 23.8. The van der Waals surface area contributed by atoms with Crippen molar-refractivity contribution in [3.05, 3.63) is 43.0 Å². The van der Waals surface area contributed by atoms with E-state index in [1.807, 2.05) is 6.92 Å². The lowest BCUT2D eigenvalue weighted by Crippen LogP contribution is -2.31. The van der Waals surface area contributed by atoms with Crippen LogP contribution in [0, 0.1) is 0 Å². The van der Waals surface area contributed by atoms with E-state index >= 15 is 0 Å². The molecule has 4 rings (SSSR count). The number of nitrogens with zero attached hydrogens (tertiary/aromatic N) is 4. The van der Waals surface area contributed by atoms with Crippen molar-refractivity contribution in [1.29, 1.82) is 0 Å². The number of H-pyrrole nitrogens is 1. The van der Waals surface area contributed by atoms with Gasteiger partial charge in [0.2, 0.25) is 10.0 Å². The molecule has 0 saturated carbocycles. The summed E-state index contributed by atoms with van der Waals surface area (Å²) in [5.41, 5.74) is -0.699. The quantitative estimate of drug-likeness (QED) is 0.467. The number of nitrogens with one attached hydrogen (secondary N) is 1. The van der Waals surface area contributed by atoms with Gasteiger partial charge in [0.1, 0.15) is 22.2 Å². The summed E-state index contributed by atoms with van der Waals surface area (Å²) in [6.45, 7) is 2.96. The maximum Gasteiger partial charge on any atom is 0.350 e. The van der Waals surface area contributed by atoms with Gasteiger partial charge in [0.25, 0.3) is 5.56 Å². The highest BCUT2D eigenvalue weighted by atomic mass is 32.2. The van der Waals surface area contributed by atoms with E-state index in [2.05, 4.69) is 9.97 Å². The van der Waals surface area contributed by atoms with Crippen LogP contribution in [0.3, 0.4) is 0 Å². The van der Waals surface area contributed by atoms with Crippen molar-refractivity contribution in [1.82, 2.24) is 23.4 Å². The molecule has 178 valence electrons. The van der Waals surface area contributed by atoms with E-state index in [1.54, 1.807) is 12.4 Å². The fraction of sp³-hybridized carbons (Fsp3) is 0.500. The lowest BCUT2D eigenvalue weighted by molar-refractivity contribution is 0.0461. The molecule has 33 heavy (non-hydrogen) atoms. The average molecular weight is 496 g/mol. The Hall–Kier alpha value is -2.77. The van der Waals surface area contributed by atoms with E-state index in [9.17, 15) is 22.8 Å². The number of unbranched alkanes of at least 4 members (excludes halogenated alkanes) is 1. The molecule has 0 radical (unpaired) electrons. The van der Waals surface area contributed by atoms with Crippen LogP contribution in [0.1, 0.15) is 48.1 Å². The van der Waals surface area contributed by atoms with Crippen LogP contribution >= 0.6 is 11.3 Å². The van der Waals surface area contributed by atoms with Crippen molar-refractivity contribution < 1.29 is 17.9 Å². The highest BCUT2D eigenvalue weighted by Crippen LogP contribution is 2.28. The molecule has 0 atom stereocenters. The summed E-state index contributed by atoms with van der Waals surface area (Å²) in [5, 5.41) is 1.54. The second-order valence-corrected chi connectivity index (χ2v) is 10.6. The number of carbonyl (C=O) groups excluding carboxylic acids is 1. The van der Waals surface area contributed by atoms with Crippen LogP contribution in [-0.4, -0.2) is 50.9 Å². The van der Waals surface area contributed by atoms with Gasteiger partial charge in [-0.2, -0.15) is 4.31 Å². The van der Waals surface area contributed by atoms with Gasteiger partial charge >= 0.3 is 11.7 Å². The highest BCUT2D eigenvalue weighted by Gasteiger charge is 2.32. The number of hydrogen-bond acceptors (Lipinski definition) is 8. The third kappa shape index (κ3) is 4.27. The highest BCUT2D eigenvalue weighted by molar-refractivity contribution is 7.89. The number of rotatable bonds is 8. The monoisotopic (exact) mass is 495 g/mol. The average Bonchev–Trinajstić information content (AvgIpc) is 3.52. The van der Waals surface area contributed by atoms with Crippen molar-refractivity contribution in [2.75, 3.05) is 13.1 Å². The van der Waals surface area contributed by atoms with E-state index in [-0.39, 0.29) is 33.4 Å². The summed E-state index contributed by atoms with van der Waals surface area (Å²) in [6.07, 6.45) is 3.17. The number of imidazole rings is 1.